The molecule has 0 aromatic rings. The van der Waals surface area contributed by atoms with E-state index in [0.29, 0.717) is 6.42 Å². The van der Waals surface area contributed by atoms with E-state index in [1.165, 1.54) is 128 Å². The highest BCUT2D eigenvalue weighted by molar-refractivity contribution is 5.80. The van der Waals surface area contributed by atoms with E-state index >= 15 is 0 Å². The molecule has 1 amide bonds. The summed E-state index contributed by atoms with van der Waals surface area (Å²) in [5.74, 6) is -0.0483. The highest BCUT2D eigenvalue weighted by Crippen LogP contribution is 2.15. The van der Waals surface area contributed by atoms with Crippen molar-refractivity contribution in [3.63, 3.8) is 0 Å². The van der Waals surface area contributed by atoms with Gasteiger partial charge in [-0.3, -0.25) is 4.79 Å². The van der Waals surface area contributed by atoms with E-state index in [4.69, 9.17) is 0 Å². The quantitative estimate of drug-likeness (QED) is 0.136. The standard InChI is InChI=1S/C25H49NO/c1-3-4-5-6-7-8-9-10-11-12-13-14-15-16-17-18-19-20-21-22-23-24-25(27)26-2/h2-24H2,1H3. The molecule has 0 heterocycles. The first kappa shape index (κ1) is 26.3. The fraction of sp³-hybridized carbons (Fsp3) is 0.920. The second-order valence-corrected chi connectivity index (χ2v) is 8.37. The monoisotopic (exact) mass is 379 g/mol. The van der Waals surface area contributed by atoms with Gasteiger partial charge < -0.3 is 0 Å². The van der Waals surface area contributed by atoms with Crippen molar-refractivity contribution in [2.75, 3.05) is 0 Å². The fourth-order valence-corrected chi connectivity index (χ4v) is 3.79. The van der Waals surface area contributed by atoms with Crippen LogP contribution in [0.3, 0.4) is 0 Å². The molecule has 0 aliphatic rings. The van der Waals surface area contributed by atoms with Crippen LogP contribution in [0.15, 0.2) is 4.99 Å². The first-order chi connectivity index (χ1) is 13.3. The number of nitrogens with zero attached hydrogens (tertiary/aromatic N) is 1. The maximum atomic E-state index is 11.0. The Hall–Kier alpha value is -0.660. The van der Waals surface area contributed by atoms with Crippen LogP contribution in [0.2, 0.25) is 0 Å². The molecule has 0 bridgehead atoms. The van der Waals surface area contributed by atoms with E-state index in [1.807, 2.05) is 0 Å². The largest absolute Gasteiger partial charge is 0.273 e. The normalized spacial score (nSPS) is 11.0. The molecule has 0 unspecified atom stereocenters. The fourth-order valence-electron chi connectivity index (χ4n) is 3.79. The minimum Gasteiger partial charge on any atom is -0.273 e. The predicted octanol–water partition coefficient (Wildman–Crippen LogP) is 8.82. The average Bonchev–Trinajstić information content (AvgIpc) is 2.68. The molecular formula is C25H49NO. The van der Waals surface area contributed by atoms with Crippen LogP contribution in [-0.4, -0.2) is 12.6 Å². The molecule has 0 spiro atoms. The summed E-state index contributed by atoms with van der Waals surface area (Å²) in [6.45, 7) is 5.56. The van der Waals surface area contributed by atoms with Gasteiger partial charge in [-0.25, -0.2) is 4.99 Å². The van der Waals surface area contributed by atoms with Crippen LogP contribution in [0.25, 0.3) is 0 Å². The number of hydrogen-bond acceptors (Lipinski definition) is 1. The van der Waals surface area contributed by atoms with Crippen LogP contribution in [0.1, 0.15) is 148 Å². The summed E-state index contributed by atoms with van der Waals surface area (Å²) in [5.41, 5.74) is 0. The van der Waals surface area contributed by atoms with Gasteiger partial charge in [-0.2, -0.15) is 0 Å². The first-order valence-corrected chi connectivity index (χ1v) is 12.3. The Balaban J connectivity index is 3.01. The Kier molecular flexibility index (Phi) is 22.8. The molecule has 0 radical (unpaired) electrons. The van der Waals surface area contributed by atoms with Gasteiger partial charge in [0.15, 0.2) is 0 Å². The Morgan fingerprint density at radius 2 is 0.778 bits per heavy atom. The van der Waals surface area contributed by atoms with Gasteiger partial charge in [0.25, 0.3) is 0 Å². The third kappa shape index (κ3) is 23.3. The van der Waals surface area contributed by atoms with Crippen LogP contribution in [0, 0.1) is 0 Å². The van der Waals surface area contributed by atoms with E-state index in [-0.39, 0.29) is 5.91 Å². The van der Waals surface area contributed by atoms with E-state index < -0.39 is 0 Å². The summed E-state index contributed by atoms with van der Waals surface area (Å²) in [4.78, 5) is 14.4. The maximum absolute atomic E-state index is 11.0. The minimum atomic E-state index is -0.0483. The SMILES string of the molecule is C=NC(=O)CCCCCCCCCCCCCCCCCCCCCCC. The van der Waals surface area contributed by atoms with Gasteiger partial charge >= 0.3 is 0 Å². The number of amides is 1. The Labute approximate surface area is 171 Å². The third-order valence-corrected chi connectivity index (χ3v) is 5.67. The molecule has 0 fully saturated rings. The highest BCUT2D eigenvalue weighted by Gasteiger charge is 1.98. The van der Waals surface area contributed by atoms with Crippen LogP contribution in [-0.2, 0) is 4.79 Å². The topological polar surface area (TPSA) is 29.4 Å². The summed E-state index contributed by atoms with van der Waals surface area (Å²) in [5, 5.41) is 0. The van der Waals surface area contributed by atoms with Gasteiger partial charge in [0.2, 0.25) is 5.91 Å². The van der Waals surface area contributed by atoms with Crippen molar-refractivity contribution in [1.82, 2.24) is 0 Å². The summed E-state index contributed by atoms with van der Waals surface area (Å²) in [6, 6.07) is 0. The van der Waals surface area contributed by atoms with Gasteiger partial charge in [0.1, 0.15) is 0 Å². The zero-order valence-corrected chi connectivity index (χ0v) is 18.6. The smallest absolute Gasteiger partial charge is 0.245 e. The molecule has 0 aliphatic carbocycles. The van der Waals surface area contributed by atoms with Crippen molar-refractivity contribution in [3.05, 3.63) is 0 Å². The van der Waals surface area contributed by atoms with Crippen molar-refractivity contribution < 1.29 is 4.79 Å². The molecule has 0 rings (SSSR count). The average molecular weight is 380 g/mol. The van der Waals surface area contributed by atoms with Crippen LogP contribution >= 0.6 is 0 Å². The predicted molar refractivity (Wildman–Crippen MR) is 122 cm³/mol. The highest BCUT2D eigenvalue weighted by atomic mass is 16.1. The lowest BCUT2D eigenvalue weighted by Crippen LogP contribution is -1.91. The lowest BCUT2D eigenvalue weighted by atomic mass is 10.0. The van der Waals surface area contributed by atoms with Gasteiger partial charge in [0.05, 0.1) is 0 Å². The number of hydrogen-bond donors (Lipinski definition) is 0. The van der Waals surface area contributed by atoms with Crippen molar-refractivity contribution >= 4 is 12.6 Å². The minimum absolute atomic E-state index is 0.0483. The molecule has 0 N–H and O–H groups in total. The molecule has 27 heavy (non-hydrogen) atoms. The van der Waals surface area contributed by atoms with E-state index in [1.54, 1.807) is 0 Å². The number of rotatable bonds is 22. The second kappa shape index (κ2) is 23.4. The van der Waals surface area contributed by atoms with Crippen LogP contribution < -0.4 is 0 Å². The number of carbonyl (C=O) groups excluding carboxylic acids is 1. The zero-order chi connectivity index (χ0) is 19.8. The molecule has 0 saturated heterocycles. The molecule has 0 atom stereocenters. The number of carbonyl (C=O) groups is 1. The third-order valence-electron chi connectivity index (χ3n) is 5.67. The molecular weight excluding hydrogens is 330 g/mol. The van der Waals surface area contributed by atoms with E-state index in [9.17, 15) is 4.79 Å². The van der Waals surface area contributed by atoms with Crippen molar-refractivity contribution in [1.29, 1.82) is 0 Å². The van der Waals surface area contributed by atoms with Crippen LogP contribution in [0.5, 0.6) is 0 Å². The molecule has 160 valence electrons. The molecule has 0 aliphatic heterocycles. The Bertz CT molecular complexity index is 313. The molecule has 2 nitrogen and oxygen atoms in total. The maximum Gasteiger partial charge on any atom is 0.245 e. The van der Waals surface area contributed by atoms with Crippen molar-refractivity contribution in [3.8, 4) is 0 Å². The summed E-state index contributed by atoms with van der Waals surface area (Å²) in [7, 11) is 0. The Morgan fingerprint density at radius 3 is 1.04 bits per heavy atom. The summed E-state index contributed by atoms with van der Waals surface area (Å²) in [6.07, 6.45) is 29.8. The van der Waals surface area contributed by atoms with Crippen molar-refractivity contribution in [2.24, 2.45) is 4.99 Å². The van der Waals surface area contributed by atoms with Gasteiger partial charge in [0, 0.05) is 6.42 Å². The summed E-state index contributed by atoms with van der Waals surface area (Å²) < 4.78 is 0. The van der Waals surface area contributed by atoms with Crippen molar-refractivity contribution in [2.45, 2.75) is 148 Å². The molecule has 0 saturated carbocycles. The van der Waals surface area contributed by atoms with E-state index in [0.717, 1.165) is 6.42 Å². The van der Waals surface area contributed by atoms with E-state index in [2.05, 4.69) is 18.6 Å². The Morgan fingerprint density at radius 1 is 0.519 bits per heavy atom. The second-order valence-electron chi connectivity index (χ2n) is 8.37. The van der Waals surface area contributed by atoms with Gasteiger partial charge in [-0.15, -0.1) is 0 Å². The number of unbranched alkanes of at least 4 members (excludes halogenated alkanes) is 20. The molecule has 0 aromatic heterocycles. The van der Waals surface area contributed by atoms with Gasteiger partial charge in [-0.05, 0) is 13.1 Å². The lowest BCUT2D eigenvalue weighted by molar-refractivity contribution is -0.117. The molecule has 0 aromatic carbocycles. The van der Waals surface area contributed by atoms with Gasteiger partial charge in [-0.1, -0.05) is 135 Å². The van der Waals surface area contributed by atoms with Crippen LogP contribution in [0.4, 0.5) is 0 Å². The zero-order valence-electron chi connectivity index (χ0n) is 18.6. The number of aliphatic imine (C=N–C) groups is 1. The lowest BCUT2D eigenvalue weighted by Gasteiger charge is -2.04. The molecule has 2 heteroatoms. The summed E-state index contributed by atoms with van der Waals surface area (Å²) >= 11 is 0. The first-order valence-electron chi connectivity index (χ1n) is 12.3.